The lowest BCUT2D eigenvalue weighted by Gasteiger charge is -2.38. The molecule has 0 spiro atoms. The van der Waals surface area contributed by atoms with E-state index in [2.05, 4.69) is 61.8 Å². The zero-order valence-electron chi connectivity index (χ0n) is 15.5. The van der Waals surface area contributed by atoms with E-state index in [0.29, 0.717) is 6.04 Å². The summed E-state index contributed by atoms with van der Waals surface area (Å²) in [6, 6.07) is 13.0. The average molecular weight is 362 g/mol. The van der Waals surface area contributed by atoms with E-state index in [9.17, 15) is 4.79 Å². The molecule has 0 bridgehead atoms. The van der Waals surface area contributed by atoms with E-state index in [0.717, 1.165) is 36.6 Å². The first kappa shape index (κ1) is 19.5. The van der Waals surface area contributed by atoms with Crippen molar-refractivity contribution in [3.8, 4) is 0 Å². The van der Waals surface area contributed by atoms with Crippen LogP contribution in [0.15, 0.2) is 36.4 Å². The third-order valence-electron chi connectivity index (χ3n) is 5.28. The number of nitrogens with zero attached hydrogens (tertiary/aromatic N) is 2. The standard InChI is InChI=1S/C20H27N3O.ClH/c1-14-12-19(20(24)22-11-10-21-15(2)16(22)3)17(4)23(14)13-18-8-6-5-7-9-18;/h5-9,12,15-16,21H,10-11,13H2,1-4H3;1H. The predicted octanol–water partition coefficient (Wildman–Crippen LogP) is 3.40. The Labute approximate surface area is 156 Å². The highest BCUT2D eigenvalue weighted by atomic mass is 35.5. The lowest BCUT2D eigenvalue weighted by molar-refractivity contribution is 0.0602. The van der Waals surface area contributed by atoms with Crippen molar-refractivity contribution in [2.75, 3.05) is 13.1 Å². The van der Waals surface area contributed by atoms with E-state index >= 15 is 0 Å². The van der Waals surface area contributed by atoms with Gasteiger partial charge in [-0.2, -0.15) is 0 Å². The molecule has 0 radical (unpaired) electrons. The summed E-state index contributed by atoms with van der Waals surface area (Å²) in [4.78, 5) is 15.1. The molecular formula is C20H28ClN3O. The van der Waals surface area contributed by atoms with Gasteiger partial charge in [0.1, 0.15) is 0 Å². The molecule has 0 aliphatic carbocycles. The molecule has 0 saturated carbocycles. The van der Waals surface area contributed by atoms with Crippen LogP contribution in [-0.4, -0.2) is 40.5 Å². The van der Waals surface area contributed by atoms with Gasteiger partial charge in [0.2, 0.25) is 0 Å². The molecule has 2 unspecified atom stereocenters. The van der Waals surface area contributed by atoms with Crippen LogP contribution in [0.5, 0.6) is 0 Å². The van der Waals surface area contributed by atoms with Crippen LogP contribution in [0.4, 0.5) is 0 Å². The van der Waals surface area contributed by atoms with Crippen LogP contribution in [0, 0.1) is 13.8 Å². The summed E-state index contributed by atoms with van der Waals surface area (Å²) < 4.78 is 2.23. The van der Waals surface area contributed by atoms with Crippen molar-refractivity contribution in [3.05, 3.63) is 58.9 Å². The minimum absolute atomic E-state index is 0. The lowest BCUT2D eigenvalue weighted by Crippen LogP contribution is -2.57. The van der Waals surface area contributed by atoms with Gasteiger partial charge in [0.25, 0.3) is 5.91 Å². The zero-order valence-corrected chi connectivity index (χ0v) is 16.3. The summed E-state index contributed by atoms with van der Waals surface area (Å²) in [5.41, 5.74) is 4.28. The summed E-state index contributed by atoms with van der Waals surface area (Å²) >= 11 is 0. The van der Waals surface area contributed by atoms with Crippen molar-refractivity contribution in [1.82, 2.24) is 14.8 Å². The fourth-order valence-corrected chi connectivity index (χ4v) is 3.52. The number of aromatic nitrogens is 1. The molecule has 1 aromatic heterocycles. The number of aryl methyl sites for hydroxylation is 1. The van der Waals surface area contributed by atoms with Gasteiger partial charge < -0.3 is 14.8 Å². The summed E-state index contributed by atoms with van der Waals surface area (Å²) in [6.45, 7) is 10.8. The Balaban J connectivity index is 0.00000225. The number of nitrogens with one attached hydrogen (secondary N) is 1. The Hall–Kier alpha value is -1.78. The number of carbonyl (C=O) groups is 1. The Kier molecular flexibility index (Phi) is 6.31. The van der Waals surface area contributed by atoms with Crippen LogP contribution in [0.25, 0.3) is 0 Å². The number of amides is 1. The summed E-state index contributed by atoms with van der Waals surface area (Å²) in [7, 11) is 0. The Morgan fingerprint density at radius 3 is 2.56 bits per heavy atom. The second-order valence-electron chi connectivity index (χ2n) is 6.84. The Morgan fingerprint density at radius 2 is 1.88 bits per heavy atom. The summed E-state index contributed by atoms with van der Waals surface area (Å²) in [6.07, 6.45) is 0. The molecule has 25 heavy (non-hydrogen) atoms. The minimum Gasteiger partial charge on any atom is -0.344 e. The van der Waals surface area contributed by atoms with Crippen LogP contribution in [0.3, 0.4) is 0 Å². The maximum absolute atomic E-state index is 13.1. The van der Waals surface area contributed by atoms with Crippen LogP contribution in [0.1, 0.15) is 41.2 Å². The molecule has 136 valence electrons. The molecule has 1 amide bonds. The van der Waals surface area contributed by atoms with Crippen molar-refractivity contribution in [2.24, 2.45) is 0 Å². The topological polar surface area (TPSA) is 37.3 Å². The number of halogens is 1. The fourth-order valence-electron chi connectivity index (χ4n) is 3.52. The average Bonchev–Trinajstić information content (AvgIpc) is 2.86. The number of carbonyl (C=O) groups excluding carboxylic acids is 1. The number of hydrogen-bond donors (Lipinski definition) is 1. The van der Waals surface area contributed by atoms with Crippen molar-refractivity contribution in [3.63, 3.8) is 0 Å². The Bertz CT molecular complexity index is 726. The normalized spacial score (nSPS) is 20.2. The highest BCUT2D eigenvalue weighted by Gasteiger charge is 2.30. The molecule has 1 aliphatic heterocycles. The Morgan fingerprint density at radius 1 is 1.20 bits per heavy atom. The third-order valence-corrected chi connectivity index (χ3v) is 5.28. The maximum Gasteiger partial charge on any atom is 0.256 e. The van der Waals surface area contributed by atoms with E-state index in [1.807, 2.05) is 17.0 Å². The van der Waals surface area contributed by atoms with E-state index < -0.39 is 0 Å². The van der Waals surface area contributed by atoms with Gasteiger partial charge in [-0.25, -0.2) is 0 Å². The number of piperazine rings is 1. The SMILES string of the molecule is Cc1cc(C(=O)N2CCNC(C)C2C)c(C)n1Cc1ccccc1.Cl. The van der Waals surface area contributed by atoms with Gasteiger partial charge in [0.05, 0.1) is 5.56 Å². The van der Waals surface area contributed by atoms with E-state index in [1.165, 1.54) is 5.56 Å². The van der Waals surface area contributed by atoms with Gasteiger partial charge in [-0.15, -0.1) is 12.4 Å². The van der Waals surface area contributed by atoms with Crippen LogP contribution < -0.4 is 5.32 Å². The van der Waals surface area contributed by atoms with Gasteiger partial charge >= 0.3 is 0 Å². The van der Waals surface area contributed by atoms with Gasteiger partial charge in [-0.1, -0.05) is 30.3 Å². The fraction of sp³-hybridized carbons (Fsp3) is 0.450. The second-order valence-corrected chi connectivity index (χ2v) is 6.84. The first-order chi connectivity index (χ1) is 11.5. The van der Waals surface area contributed by atoms with E-state index in [4.69, 9.17) is 0 Å². The summed E-state index contributed by atoms with van der Waals surface area (Å²) in [5, 5.41) is 3.43. The first-order valence-corrected chi connectivity index (χ1v) is 8.74. The van der Waals surface area contributed by atoms with Crippen molar-refractivity contribution < 1.29 is 4.79 Å². The molecule has 3 rings (SSSR count). The third kappa shape index (κ3) is 3.91. The molecule has 1 aliphatic rings. The molecule has 4 nitrogen and oxygen atoms in total. The molecule has 1 aromatic carbocycles. The molecule has 1 fully saturated rings. The van der Waals surface area contributed by atoms with Gasteiger partial charge in [-0.05, 0) is 39.3 Å². The van der Waals surface area contributed by atoms with Crippen LogP contribution in [-0.2, 0) is 6.54 Å². The molecule has 2 aromatic rings. The molecule has 1 saturated heterocycles. The quantitative estimate of drug-likeness (QED) is 0.909. The zero-order chi connectivity index (χ0) is 17.3. The van der Waals surface area contributed by atoms with Crippen LogP contribution >= 0.6 is 12.4 Å². The predicted molar refractivity (Wildman–Crippen MR) is 105 cm³/mol. The molecule has 5 heteroatoms. The van der Waals surface area contributed by atoms with E-state index in [-0.39, 0.29) is 24.4 Å². The van der Waals surface area contributed by atoms with Crippen molar-refractivity contribution in [1.29, 1.82) is 0 Å². The summed E-state index contributed by atoms with van der Waals surface area (Å²) in [5.74, 6) is 0.156. The van der Waals surface area contributed by atoms with Crippen LogP contribution in [0.2, 0.25) is 0 Å². The maximum atomic E-state index is 13.1. The number of rotatable bonds is 3. The lowest BCUT2D eigenvalue weighted by atomic mass is 10.1. The smallest absolute Gasteiger partial charge is 0.256 e. The highest BCUT2D eigenvalue weighted by Crippen LogP contribution is 2.21. The molecular weight excluding hydrogens is 334 g/mol. The van der Waals surface area contributed by atoms with Gasteiger partial charge in [-0.3, -0.25) is 4.79 Å². The number of hydrogen-bond acceptors (Lipinski definition) is 2. The van der Waals surface area contributed by atoms with Gasteiger partial charge in [0, 0.05) is 43.1 Å². The molecule has 2 atom stereocenters. The molecule has 2 heterocycles. The van der Waals surface area contributed by atoms with Gasteiger partial charge in [0.15, 0.2) is 0 Å². The van der Waals surface area contributed by atoms with E-state index in [1.54, 1.807) is 0 Å². The monoisotopic (exact) mass is 361 g/mol. The second kappa shape index (κ2) is 8.07. The molecule has 1 N–H and O–H groups in total. The largest absolute Gasteiger partial charge is 0.344 e. The van der Waals surface area contributed by atoms with Crippen molar-refractivity contribution in [2.45, 2.75) is 46.3 Å². The number of benzene rings is 1. The minimum atomic E-state index is 0. The first-order valence-electron chi connectivity index (χ1n) is 8.74. The van der Waals surface area contributed by atoms with Crippen molar-refractivity contribution >= 4 is 18.3 Å². The highest BCUT2D eigenvalue weighted by molar-refractivity contribution is 5.96.